The van der Waals surface area contributed by atoms with Crippen LogP contribution >= 0.6 is 0 Å². The Hall–Kier alpha value is -3.92. The van der Waals surface area contributed by atoms with E-state index in [0.717, 1.165) is 0 Å². The standard InChI is InChI=1S/C22H17FN4O2/c1-14-16(13-24)19-20(18(23)17(14)15-9-5-3-6-10-15)29-21(25-19)22(28)26(2)27-11-7-4-8-12-27/h3-11H,12H2,1-2H3. The Kier molecular flexibility index (Phi) is 4.61. The van der Waals surface area contributed by atoms with Crippen LogP contribution in [0.3, 0.4) is 0 Å². The third-order valence-corrected chi connectivity index (χ3v) is 4.87. The number of hydrogen-bond donors (Lipinski definition) is 0. The average Bonchev–Trinajstić information content (AvgIpc) is 3.20. The number of allylic oxidation sites excluding steroid dienone is 2. The topological polar surface area (TPSA) is 73.4 Å². The SMILES string of the molecule is Cc1c(-c2ccccc2)c(F)c2oc(C(=O)N(C)N3C=CC=CC3)nc2c1C#N. The van der Waals surface area contributed by atoms with Crippen molar-refractivity contribution in [2.24, 2.45) is 0 Å². The molecule has 0 unspecified atom stereocenters. The van der Waals surface area contributed by atoms with Gasteiger partial charge < -0.3 is 4.42 Å². The number of aromatic nitrogens is 1. The van der Waals surface area contributed by atoms with Gasteiger partial charge in [-0.05, 0) is 24.1 Å². The molecule has 0 radical (unpaired) electrons. The first kappa shape index (κ1) is 18.4. The molecule has 0 atom stereocenters. The summed E-state index contributed by atoms with van der Waals surface area (Å²) in [5.74, 6) is -1.45. The number of halogens is 1. The Labute approximate surface area is 166 Å². The molecule has 3 aromatic rings. The summed E-state index contributed by atoms with van der Waals surface area (Å²) >= 11 is 0. The minimum atomic E-state index is -0.641. The number of nitrogens with zero attached hydrogens (tertiary/aromatic N) is 4. The molecule has 0 spiro atoms. The molecule has 2 aromatic carbocycles. The van der Waals surface area contributed by atoms with E-state index in [0.29, 0.717) is 17.7 Å². The zero-order chi connectivity index (χ0) is 20.5. The van der Waals surface area contributed by atoms with Crippen LogP contribution in [0, 0.1) is 24.1 Å². The predicted octanol–water partition coefficient (Wildman–Crippen LogP) is 4.19. The van der Waals surface area contributed by atoms with Crippen molar-refractivity contribution < 1.29 is 13.6 Å². The van der Waals surface area contributed by atoms with Gasteiger partial charge in [0, 0.05) is 18.8 Å². The second kappa shape index (κ2) is 7.24. The van der Waals surface area contributed by atoms with Crippen LogP contribution in [0.5, 0.6) is 0 Å². The van der Waals surface area contributed by atoms with Gasteiger partial charge in [-0.3, -0.25) is 9.80 Å². The maximum absolute atomic E-state index is 15.4. The van der Waals surface area contributed by atoms with Gasteiger partial charge in [0.15, 0.2) is 11.4 Å². The first-order valence-electron chi connectivity index (χ1n) is 8.99. The fraction of sp³-hybridized carbons (Fsp3) is 0.136. The molecular weight excluding hydrogens is 371 g/mol. The first-order chi connectivity index (χ1) is 14.0. The van der Waals surface area contributed by atoms with Gasteiger partial charge in [0.2, 0.25) is 0 Å². The fourth-order valence-corrected chi connectivity index (χ4v) is 3.33. The van der Waals surface area contributed by atoms with E-state index in [-0.39, 0.29) is 28.1 Å². The molecule has 0 saturated heterocycles. The predicted molar refractivity (Wildman–Crippen MR) is 106 cm³/mol. The number of carbonyl (C=O) groups excluding carboxylic acids is 1. The molecule has 1 aliphatic rings. The average molecular weight is 388 g/mol. The summed E-state index contributed by atoms with van der Waals surface area (Å²) < 4.78 is 20.9. The highest BCUT2D eigenvalue weighted by Crippen LogP contribution is 2.35. The van der Waals surface area contributed by atoms with Crippen molar-refractivity contribution in [2.45, 2.75) is 6.92 Å². The number of carbonyl (C=O) groups is 1. The first-order valence-corrected chi connectivity index (χ1v) is 8.99. The quantitative estimate of drug-likeness (QED) is 0.673. The van der Waals surface area contributed by atoms with E-state index in [1.54, 1.807) is 55.5 Å². The number of benzene rings is 2. The van der Waals surface area contributed by atoms with Gasteiger partial charge in [-0.2, -0.15) is 5.26 Å². The zero-order valence-electron chi connectivity index (χ0n) is 15.9. The number of nitriles is 1. The van der Waals surface area contributed by atoms with Gasteiger partial charge in [0.05, 0.1) is 12.1 Å². The van der Waals surface area contributed by atoms with Crippen molar-refractivity contribution in [3.05, 3.63) is 77.6 Å². The third-order valence-electron chi connectivity index (χ3n) is 4.87. The van der Waals surface area contributed by atoms with E-state index in [4.69, 9.17) is 4.42 Å². The lowest BCUT2D eigenvalue weighted by Crippen LogP contribution is -2.41. The van der Waals surface area contributed by atoms with E-state index in [2.05, 4.69) is 11.1 Å². The number of oxazole rings is 1. The van der Waals surface area contributed by atoms with Crippen LogP contribution in [0.4, 0.5) is 4.39 Å². The molecule has 1 amide bonds. The minimum Gasteiger partial charge on any atom is -0.429 e. The molecule has 7 heteroatoms. The molecule has 1 aromatic heterocycles. The van der Waals surface area contributed by atoms with Crippen LogP contribution in [0.1, 0.15) is 21.8 Å². The fourth-order valence-electron chi connectivity index (χ4n) is 3.33. The van der Waals surface area contributed by atoms with Gasteiger partial charge in [0.25, 0.3) is 5.89 Å². The molecule has 2 heterocycles. The smallest absolute Gasteiger partial charge is 0.327 e. The van der Waals surface area contributed by atoms with Gasteiger partial charge in [-0.15, -0.1) is 0 Å². The second-order valence-electron chi connectivity index (χ2n) is 6.58. The van der Waals surface area contributed by atoms with Crippen molar-refractivity contribution >= 4 is 17.0 Å². The lowest BCUT2D eigenvalue weighted by atomic mass is 9.95. The number of rotatable bonds is 3. The number of amides is 1. The molecule has 0 saturated carbocycles. The van der Waals surface area contributed by atoms with Gasteiger partial charge in [-0.25, -0.2) is 14.4 Å². The summed E-state index contributed by atoms with van der Waals surface area (Å²) in [5, 5.41) is 12.7. The normalized spacial score (nSPS) is 13.0. The highest BCUT2D eigenvalue weighted by atomic mass is 19.1. The Morgan fingerprint density at radius 2 is 2.07 bits per heavy atom. The third kappa shape index (κ3) is 3.05. The summed E-state index contributed by atoms with van der Waals surface area (Å²) in [6.45, 7) is 2.17. The lowest BCUT2D eigenvalue weighted by molar-refractivity contribution is 0.0327. The molecule has 0 aliphatic carbocycles. The number of fused-ring (bicyclic) bond motifs is 1. The van der Waals surface area contributed by atoms with Crippen molar-refractivity contribution in [3.8, 4) is 17.2 Å². The summed E-state index contributed by atoms with van der Waals surface area (Å²) in [6, 6.07) is 11.0. The Morgan fingerprint density at radius 3 is 2.72 bits per heavy atom. The molecule has 1 aliphatic heterocycles. The molecule has 6 nitrogen and oxygen atoms in total. The maximum Gasteiger partial charge on any atom is 0.327 e. The van der Waals surface area contributed by atoms with Crippen molar-refractivity contribution in [2.75, 3.05) is 13.6 Å². The van der Waals surface area contributed by atoms with Crippen LogP contribution < -0.4 is 0 Å². The Balaban J connectivity index is 1.85. The van der Waals surface area contributed by atoms with Crippen molar-refractivity contribution in [1.29, 1.82) is 5.26 Å². The highest BCUT2D eigenvalue weighted by Gasteiger charge is 2.27. The molecule has 144 valence electrons. The Bertz CT molecular complexity index is 1210. The Morgan fingerprint density at radius 1 is 1.31 bits per heavy atom. The summed E-state index contributed by atoms with van der Waals surface area (Å²) in [7, 11) is 1.57. The molecule has 0 bridgehead atoms. The van der Waals surface area contributed by atoms with Crippen LogP contribution in [-0.4, -0.2) is 34.5 Å². The van der Waals surface area contributed by atoms with Gasteiger partial charge in [0.1, 0.15) is 11.6 Å². The zero-order valence-corrected chi connectivity index (χ0v) is 15.9. The number of hydrazine groups is 1. The van der Waals surface area contributed by atoms with Crippen LogP contribution in [0.25, 0.3) is 22.2 Å². The van der Waals surface area contributed by atoms with E-state index in [9.17, 15) is 10.1 Å². The van der Waals surface area contributed by atoms with E-state index in [1.165, 1.54) is 5.01 Å². The van der Waals surface area contributed by atoms with E-state index >= 15 is 4.39 Å². The summed E-state index contributed by atoms with van der Waals surface area (Å²) in [4.78, 5) is 17.0. The molecule has 4 rings (SSSR count). The monoisotopic (exact) mass is 388 g/mol. The van der Waals surface area contributed by atoms with Crippen LogP contribution in [0.15, 0.2) is 59.2 Å². The van der Waals surface area contributed by atoms with Crippen molar-refractivity contribution in [1.82, 2.24) is 15.0 Å². The second-order valence-corrected chi connectivity index (χ2v) is 6.58. The van der Waals surface area contributed by atoms with Gasteiger partial charge >= 0.3 is 5.91 Å². The van der Waals surface area contributed by atoms with Gasteiger partial charge in [-0.1, -0.05) is 42.5 Å². The highest BCUT2D eigenvalue weighted by molar-refractivity contribution is 5.95. The number of hydrogen-bond acceptors (Lipinski definition) is 5. The summed E-state index contributed by atoms with van der Waals surface area (Å²) in [5.41, 5.74) is 1.37. The van der Waals surface area contributed by atoms with Crippen LogP contribution in [0.2, 0.25) is 0 Å². The molecule has 0 N–H and O–H groups in total. The molecule has 0 fully saturated rings. The van der Waals surface area contributed by atoms with Crippen molar-refractivity contribution in [3.63, 3.8) is 0 Å². The lowest BCUT2D eigenvalue weighted by Gasteiger charge is -2.29. The minimum absolute atomic E-state index is 0.0491. The van der Waals surface area contributed by atoms with E-state index < -0.39 is 11.7 Å². The van der Waals surface area contributed by atoms with E-state index in [1.807, 2.05) is 18.2 Å². The maximum atomic E-state index is 15.4. The largest absolute Gasteiger partial charge is 0.429 e. The summed E-state index contributed by atoms with van der Waals surface area (Å²) in [6.07, 6.45) is 7.29. The molecule has 29 heavy (non-hydrogen) atoms. The molecular formula is C22H17FN4O2. The van der Waals surface area contributed by atoms with Crippen LogP contribution in [-0.2, 0) is 0 Å².